The van der Waals surface area contributed by atoms with Crippen LogP contribution in [0.15, 0.2) is 12.4 Å². The van der Waals surface area contributed by atoms with Crippen LogP contribution in [0, 0.1) is 0 Å². The molecule has 0 spiro atoms. The minimum atomic E-state index is -0.532. The molecule has 0 bridgehead atoms. The Hall–Kier alpha value is -1.65. The summed E-state index contributed by atoms with van der Waals surface area (Å²) < 4.78 is 4.87. The van der Waals surface area contributed by atoms with Crippen LogP contribution in [0.2, 0.25) is 0 Å². The summed E-state index contributed by atoms with van der Waals surface area (Å²) in [6, 6.07) is 0. The van der Waals surface area contributed by atoms with E-state index >= 15 is 0 Å². The van der Waals surface area contributed by atoms with Gasteiger partial charge in [0, 0.05) is 0 Å². The van der Waals surface area contributed by atoms with Crippen molar-refractivity contribution in [3.8, 4) is 0 Å². The van der Waals surface area contributed by atoms with Crippen molar-refractivity contribution in [3.05, 3.63) is 18.2 Å². The van der Waals surface area contributed by atoms with Gasteiger partial charge in [-0.15, -0.1) is 0 Å². The standard InChI is InChI=1S/C8H11N3O2/c1-5(2)13-8(12)7-10-3-6(9)4-11-7/h3-5H,9H2,1-2H3. The molecule has 0 amide bonds. The van der Waals surface area contributed by atoms with Gasteiger partial charge in [-0.1, -0.05) is 0 Å². The van der Waals surface area contributed by atoms with Gasteiger partial charge in [-0.25, -0.2) is 14.8 Å². The van der Waals surface area contributed by atoms with Gasteiger partial charge in [-0.2, -0.15) is 0 Å². The average Bonchev–Trinajstić information content (AvgIpc) is 2.04. The van der Waals surface area contributed by atoms with Crippen LogP contribution < -0.4 is 5.73 Å². The Kier molecular flexibility index (Phi) is 2.79. The monoisotopic (exact) mass is 181 g/mol. The van der Waals surface area contributed by atoms with Crippen molar-refractivity contribution in [2.75, 3.05) is 5.73 Å². The van der Waals surface area contributed by atoms with E-state index in [1.807, 2.05) is 0 Å². The fourth-order valence-corrected chi connectivity index (χ4v) is 0.710. The van der Waals surface area contributed by atoms with Crippen LogP contribution in [0.25, 0.3) is 0 Å². The molecule has 0 aromatic carbocycles. The molecular formula is C8H11N3O2. The molecule has 1 heterocycles. The van der Waals surface area contributed by atoms with Gasteiger partial charge in [-0.05, 0) is 13.8 Å². The van der Waals surface area contributed by atoms with E-state index in [-0.39, 0.29) is 11.9 Å². The van der Waals surface area contributed by atoms with Gasteiger partial charge in [-0.3, -0.25) is 0 Å². The fourth-order valence-electron chi connectivity index (χ4n) is 0.710. The zero-order valence-corrected chi connectivity index (χ0v) is 7.52. The third-order valence-corrected chi connectivity index (χ3v) is 1.20. The van der Waals surface area contributed by atoms with Crippen molar-refractivity contribution in [1.29, 1.82) is 0 Å². The molecule has 1 aromatic rings. The molecule has 0 atom stereocenters. The van der Waals surface area contributed by atoms with E-state index in [1.54, 1.807) is 13.8 Å². The molecule has 5 heteroatoms. The summed E-state index contributed by atoms with van der Waals surface area (Å²) in [6.45, 7) is 3.52. The topological polar surface area (TPSA) is 78.1 Å². The lowest BCUT2D eigenvalue weighted by molar-refractivity contribution is 0.0363. The molecule has 5 nitrogen and oxygen atoms in total. The average molecular weight is 181 g/mol. The van der Waals surface area contributed by atoms with Crippen molar-refractivity contribution in [2.45, 2.75) is 20.0 Å². The molecule has 2 N–H and O–H groups in total. The Morgan fingerprint density at radius 2 is 2.00 bits per heavy atom. The minimum Gasteiger partial charge on any atom is -0.457 e. The van der Waals surface area contributed by atoms with Gasteiger partial charge >= 0.3 is 5.97 Å². The zero-order valence-electron chi connectivity index (χ0n) is 7.52. The van der Waals surface area contributed by atoms with Gasteiger partial charge in [0.2, 0.25) is 5.82 Å². The Bertz CT molecular complexity index is 295. The molecule has 0 fully saturated rings. The molecule has 0 unspecified atom stereocenters. The van der Waals surface area contributed by atoms with E-state index in [1.165, 1.54) is 12.4 Å². The molecular weight excluding hydrogens is 170 g/mol. The first kappa shape index (κ1) is 9.44. The van der Waals surface area contributed by atoms with E-state index in [0.717, 1.165) is 0 Å². The quantitative estimate of drug-likeness (QED) is 0.677. The van der Waals surface area contributed by atoms with E-state index in [4.69, 9.17) is 10.5 Å². The first-order valence-corrected chi connectivity index (χ1v) is 3.88. The molecule has 0 aliphatic heterocycles. The van der Waals surface area contributed by atoms with Crippen molar-refractivity contribution in [1.82, 2.24) is 9.97 Å². The van der Waals surface area contributed by atoms with E-state index < -0.39 is 5.97 Å². The number of anilines is 1. The number of ether oxygens (including phenoxy) is 1. The van der Waals surface area contributed by atoms with E-state index in [2.05, 4.69) is 9.97 Å². The highest BCUT2D eigenvalue weighted by molar-refractivity contribution is 5.85. The SMILES string of the molecule is CC(C)OC(=O)c1ncc(N)cn1. The van der Waals surface area contributed by atoms with E-state index in [9.17, 15) is 4.79 Å². The Morgan fingerprint density at radius 3 is 2.46 bits per heavy atom. The van der Waals surface area contributed by atoms with Gasteiger partial charge < -0.3 is 10.5 Å². The van der Waals surface area contributed by atoms with Gasteiger partial charge in [0.25, 0.3) is 0 Å². The number of hydrogen-bond acceptors (Lipinski definition) is 5. The second-order valence-corrected chi connectivity index (χ2v) is 2.79. The van der Waals surface area contributed by atoms with Crippen LogP contribution in [0.3, 0.4) is 0 Å². The molecule has 13 heavy (non-hydrogen) atoms. The summed E-state index contributed by atoms with van der Waals surface area (Å²) in [4.78, 5) is 18.6. The maximum Gasteiger partial charge on any atom is 0.376 e. The predicted molar refractivity (Wildman–Crippen MR) is 47.0 cm³/mol. The van der Waals surface area contributed by atoms with Crippen LogP contribution in [0.4, 0.5) is 5.69 Å². The molecule has 1 aromatic heterocycles. The second-order valence-electron chi connectivity index (χ2n) is 2.79. The molecule has 0 aliphatic carbocycles. The summed E-state index contributed by atoms with van der Waals surface area (Å²) in [5.41, 5.74) is 5.77. The lowest BCUT2D eigenvalue weighted by Gasteiger charge is -2.05. The fraction of sp³-hybridized carbons (Fsp3) is 0.375. The number of nitrogens with zero attached hydrogens (tertiary/aromatic N) is 2. The number of nitrogen functional groups attached to an aromatic ring is 1. The van der Waals surface area contributed by atoms with Crippen molar-refractivity contribution < 1.29 is 9.53 Å². The van der Waals surface area contributed by atoms with Gasteiger partial charge in [0.1, 0.15) is 0 Å². The maximum absolute atomic E-state index is 11.2. The third-order valence-electron chi connectivity index (χ3n) is 1.20. The number of aromatic nitrogens is 2. The van der Waals surface area contributed by atoms with E-state index in [0.29, 0.717) is 5.69 Å². The number of carbonyl (C=O) groups excluding carboxylic acids is 1. The highest BCUT2D eigenvalue weighted by atomic mass is 16.5. The summed E-state index contributed by atoms with van der Waals surface area (Å²) in [6.07, 6.45) is 2.56. The lowest BCUT2D eigenvalue weighted by Crippen LogP contribution is -2.14. The molecule has 0 saturated heterocycles. The van der Waals surface area contributed by atoms with Crippen LogP contribution >= 0.6 is 0 Å². The van der Waals surface area contributed by atoms with Crippen molar-refractivity contribution in [3.63, 3.8) is 0 Å². The number of carbonyl (C=O) groups is 1. The summed E-state index contributed by atoms with van der Waals surface area (Å²) in [5, 5.41) is 0. The first-order valence-electron chi connectivity index (χ1n) is 3.88. The zero-order chi connectivity index (χ0) is 9.84. The molecule has 0 saturated carbocycles. The normalized spacial score (nSPS) is 10.1. The second kappa shape index (κ2) is 3.84. The third kappa shape index (κ3) is 2.70. The van der Waals surface area contributed by atoms with Crippen molar-refractivity contribution >= 4 is 11.7 Å². The number of rotatable bonds is 2. The van der Waals surface area contributed by atoms with Crippen LogP contribution in [0.1, 0.15) is 24.5 Å². The first-order chi connectivity index (χ1) is 6.09. The summed E-state index contributed by atoms with van der Waals surface area (Å²) >= 11 is 0. The summed E-state index contributed by atoms with van der Waals surface area (Å²) in [5.74, 6) is -0.502. The number of hydrogen-bond donors (Lipinski definition) is 1. The lowest BCUT2D eigenvalue weighted by atomic mass is 10.4. The Labute approximate surface area is 75.9 Å². The molecule has 0 aliphatic rings. The van der Waals surface area contributed by atoms with Crippen molar-refractivity contribution in [2.24, 2.45) is 0 Å². The minimum absolute atomic E-state index is 0.0305. The van der Waals surface area contributed by atoms with Crippen LogP contribution in [0.5, 0.6) is 0 Å². The van der Waals surface area contributed by atoms with Gasteiger partial charge in [0.15, 0.2) is 0 Å². The Balaban J connectivity index is 2.72. The van der Waals surface area contributed by atoms with Crippen LogP contribution in [-0.4, -0.2) is 22.0 Å². The molecule has 70 valence electrons. The highest BCUT2D eigenvalue weighted by Crippen LogP contribution is 2.00. The predicted octanol–water partition coefficient (Wildman–Crippen LogP) is 0.624. The summed E-state index contributed by atoms with van der Waals surface area (Å²) in [7, 11) is 0. The smallest absolute Gasteiger partial charge is 0.376 e. The van der Waals surface area contributed by atoms with Crippen LogP contribution in [-0.2, 0) is 4.74 Å². The number of nitrogens with two attached hydrogens (primary N) is 1. The number of esters is 1. The highest BCUT2D eigenvalue weighted by Gasteiger charge is 2.11. The van der Waals surface area contributed by atoms with Gasteiger partial charge in [0.05, 0.1) is 24.2 Å². The molecule has 1 rings (SSSR count). The maximum atomic E-state index is 11.2. The molecule has 0 radical (unpaired) electrons. The largest absolute Gasteiger partial charge is 0.457 e. The Morgan fingerprint density at radius 1 is 1.46 bits per heavy atom.